The monoisotopic (exact) mass is 423 g/mol. The Balaban J connectivity index is 1.71. The van der Waals surface area contributed by atoms with Crippen LogP contribution in [-0.4, -0.2) is 61.5 Å². The Labute approximate surface area is 169 Å². The van der Waals surface area contributed by atoms with E-state index in [0.717, 1.165) is 10.4 Å². The van der Waals surface area contributed by atoms with Gasteiger partial charge < -0.3 is 10.0 Å². The molecule has 152 valence electrons. The summed E-state index contributed by atoms with van der Waals surface area (Å²) in [6, 6.07) is 10.00. The summed E-state index contributed by atoms with van der Waals surface area (Å²) < 4.78 is 27.8. The second-order valence-corrected chi connectivity index (χ2v) is 9.66. The standard InChI is InChI=1S/C19H25N3O4S2/c1-14-5-7-17(8-6-14)28(25,26)20-12-16-13-21(9-10-22(16)15(2)23)19(24)18-4-3-11-27-18/h3-8,11,16,19-20,24H,9-10,12-13H2,1-2H3. The van der Waals surface area contributed by atoms with E-state index in [1.54, 1.807) is 29.2 Å². The fourth-order valence-electron chi connectivity index (χ4n) is 3.32. The van der Waals surface area contributed by atoms with E-state index in [-0.39, 0.29) is 23.4 Å². The normalized spacial score (nSPS) is 19.5. The highest BCUT2D eigenvalue weighted by molar-refractivity contribution is 7.89. The van der Waals surface area contributed by atoms with Crippen molar-refractivity contribution in [3.8, 4) is 0 Å². The van der Waals surface area contributed by atoms with E-state index in [1.165, 1.54) is 18.3 Å². The summed E-state index contributed by atoms with van der Waals surface area (Å²) >= 11 is 1.47. The van der Waals surface area contributed by atoms with Gasteiger partial charge >= 0.3 is 0 Å². The number of aliphatic hydroxyl groups excluding tert-OH is 1. The summed E-state index contributed by atoms with van der Waals surface area (Å²) in [6.07, 6.45) is -0.759. The molecule has 2 atom stereocenters. The van der Waals surface area contributed by atoms with E-state index in [9.17, 15) is 18.3 Å². The molecule has 0 spiro atoms. The number of aryl methyl sites for hydroxylation is 1. The molecule has 3 rings (SSSR count). The number of sulfonamides is 1. The summed E-state index contributed by atoms with van der Waals surface area (Å²) in [5, 5.41) is 12.5. The lowest BCUT2D eigenvalue weighted by Gasteiger charge is -2.42. The minimum atomic E-state index is -3.67. The zero-order valence-electron chi connectivity index (χ0n) is 15.9. The van der Waals surface area contributed by atoms with Gasteiger partial charge in [-0.3, -0.25) is 9.69 Å². The number of carbonyl (C=O) groups excluding carboxylic acids is 1. The van der Waals surface area contributed by atoms with E-state index in [2.05, 4.69) is 4.72 Å². The highest BCUT2D eigenvalue weighted by Crippen LogP contribution is 2.25. The van der Waals surface area contributed by atoms with Gasteiger partial charge in [0.15, 0.2) is 0 Å². The fraction of sp³-hybridized carbons (Fsp3) is 0.421. The number of benzene rings is 1. The van der Waals surface area contributed by atoms with Gasteiger partial charge in [0.05, 0.1) is 10.9 Å². The third-order valence-corrected chi connectivity index (χ3v) is 7.25. The van der Waals surface area contributed by atoms with Gasteiger partial charge in [0.25, 0.3) is 0 Å². The van der Waals surface area contributed by atoms with Crippen molar-refractivity contribution in [2.75, 3.05) is 26.2 Å². The van der Waals surface area contributed by atoms with Crippen LogP contribution < -0.4 is 4.72 Å². The van der Waals surface area contributed by atoms with Crippen molar-refractivity contribution in [1.82, 2.24) is 14.5 Å². The summed E-state index contributed by atoms with van der Waals surface area (Å²) in [5.41, 5.74) is 0.979. The Kier molecular flexibility index (Phi) is 6.51. The maximum Gasteiger partial charge on any atom is 0.240 e. The summed E-state index contributed by atoms with van der Waals surface area (Å²) in [7, 11) is -3.67. The number of rotatable bonds is 6. The molecule has 28 heavy (non-hydrogen) atoms. The lowest BCUT2D eigenvalue weighted by molar-refractivity contribution is -0.136. The average Bonchev–Trinajstić information content (AvgIpc) is 3.20. The van der Waals surface area contributed by atoms with Gasteiger partial charge in [0.1, 0.15) is 6.23 Å². The highest BCUT2D eigenvalue weighted by atomic mass is 32.2. The zero-order chi connectivity index (χ0) is 20.3. The lowest BCUT2D eigenvalue weighted by atomic mass is 10.1. The van der Waals surface area contributed by atoms with Crippen LogP contribution in [0.1, 0.15) is 23.6 Å². The number of carbonyl (C=O) groups is 1. The summed E-state index contributed by atoms with van der Waals surface area (Å²) in [6.45, 7) is 4.81. The van der Waals surface area contributed by atoms with Crippen molar-refractivity contribution in [3.05, 3.63) is 52.2 Å². The molecule has 1 aromatic heterocycles. The molecule has 1 aliphatic rings. The molecule has 0 radical (unpaired) electrons. The molecule has 2 N–H and O–H groups in total. The van der Waals surface area contributed by atoms with Gasteiger partial charge in [-0.2, -0.15) is 0 Å². The fourth-order valence-corrected chi connectivity index (χ4v) is 5.13. The van der Waals surface area contributed by atoms with Crippen LogP contribution >= 0.6 is 11.3 Å². The first-order valence-corrected chi connectivity index (χ1v) is 11.4. The molecular formula is C19H25N3O4S2. The van der Waals surface area contributed by atoms with Crippen molar-refractivity contribution >= 4 is 27.3 Å². The molecular weight excluding hydrogens is 398 g/mol. The van der Waals surface area contributed by atoms with Crippen LogP contribution in [0.25, 0.3) is 0 Å². The molecule has 9 heteroatoms. The van der Waals surface area contributed by atoms with E-state index < -0.39 is 16.3 Å². The Morgan fingerprint density at radius 3 is 2.61 bits per heavy atom. The number of hydrogen-bond acceptors (Lipinski definition) is 6. The van der Waals surface area contributed by atoms with Crippen molar-refractivity contribution in [2.45, 2.75) is 31.0 Å². The number of amides is 1. The van der Waals surface area contributed by atoms with Gasteiger partial charge in [0, 0.05) is 38.0 Å². The van der Waals surface area contributed by atoms with Crippen molar-refractivity contribution in [2.24, 2.45) is 0 Å². The van der Waals surface area contributed by atoms with E-state index in [1.807, 2.05) is 29.3 Å². The largest absolute Gasteiger partial charge is 0.373 e. The van der Waals surface area contributed by atoms with E-state index >= 15 is 0 Å². The molecule has 1 fully saturated rings. The minimum Gasteiger partial charge on any atom is -0.373 e. The quantitative estimate of drug-likeness (QED) is 0.736. The second-order valence-electron chi connectivity index (χ2n) is 6.92. The topological polar surface area (TPSA) is 89.9 Å². The molecule has 0 aliphatic carbocycles. The van der Waals surface area contributed by atoms with Crippen LogP contribution in [0.4, 0.5) is 0 Å². The molecule has 1 amide bonds. The Hall–Kier alpha value is -1.78. The average molecular weight is 424 g/mol. The van der Waals surface area contributed by atoms with Crippen LogP contribution in [0.2, 0.25) is 0 Å². The van der Waals surface area contributed by atoms with Gasteiger partial charge in [-0.15, -0.1) is 11.3 Å². The predicted octanol–water partition coefficient (Wildman–Crippen LogP) is 1.56. The number of piperazine rings is 1. The maximum atomic E-state index is 12.6. The third-order valence-electron chi connectivity index (χ3n) is 4.90. The predicted molar refractivity (Wildman–Crippen MR) is 108 cm³/mol. The molecule has 1 aromatic carbocycles. The Morgan fingerprint density at radius 1 is 1.29 bits per heavy atom. The third kappa shape index (κ3) is 4.79. The second kappa shape index (κ2) is 8.71. The lowest BCUT2D eigenvalue weighted by Crippen LogP contribution is -2.58. The highest BCUT2D eigenvalue weighted by Gasteiger charge is 2.33. The Bertz CT molecular complexity index is 898. The molecule has 2 heterocycles. The van der Waals surface area contributed by atoms with Gasteiger partial charge in [-0.25, -0.2) is 13.1 Å². The molecule has 0 saturated carbocycles. The van der Waals surface area contributed by atoms with Crippen LogP contribution in [0, 0.1) is 6.92 Å². The van der Waals surface area contributed by atoms with Crippen LogP contribution in [0.15, 0.2) is 46.7 Å². The molecule has 1 saturated heterocycles. The SMILES string of the molecule is CC(=O)N1CCN(C(O)c2cccs2)CC1CNS(=O)(=O)c1ccc(C)cc1. The maximum absolute atomic E-state index is 12.6. The van der Waals surface area contributed by atoms with E-state index in [0.29, 0.717) is 19.6 Å². The zero-order valence-corrected chi connectivity index (χ0v) is 17.5. The molecule has 2 unspecified atom stereocenters. The smallest absolute Gasteiger partial charge is 0.240 e. The molecule has 2 aromatic rings. The van der Waals surface area contributed by atoms with Crippen LogP contribution in [0.3, 0.4) is 0 Å². The van der Waals surface area contributed by atoms with Crippen molar-refractivity contribution < 1.29 is 18.3 Å². The number of aliphatic hydroxyl groups is 1. The first-order valence-electron chi connectivity index (χ1n) is 9.07. The molecule has 0 bridgehead atoms. The van der Waals surface area contributed by atoms with Crippen molar-refractivity contribution in [3.63, 3.8) is 0 Å². The van der Waals surface area contributed by atoms with Crippen molar-refractivity contribution in [1.29, 1.82) is 0 Å². The number of nitrogens with one attached hydrogen (secondary N) is 1. The van der Waals surface area contributed by atoms with Crippen LogP contribution in [-0.2, 0) is 14.8 Å². The first kappa shape index (κ1) is 20.9. The Morgan fingerprint density at radius 2 is 2.00 bits per heavy atom. The number of thiophene rings is 1. The van der Waals surface area contributed by atoms with Crippen LogP contribution in [0.5, 0.6) is 0 Å². The number of hydrogen-bond donors (Lipinski definition) is 2. The number of nitrogens with zero attached hydrogens (tertiary/aromatic N) is 2. The van der Waals surface area contributed by atoms with E-state index in [4.69, 9.17) is 0 Å². The molecule has 7 nitrogen and oxygen atoms in total. The minimum absolute atomic E-state index is 0.0868. The van der Waals surface area contributed by atoms with Gasteiger partial charge in [0.2, 0.25) is 15.9 Å². The summed E-state index contributed by atoms with van der Waals surface area (Å²) in [5.74, 6) is -0.107. The van der Waals surface area contributed by atoms with Gasteiger partial charge in [-0.1, -0.05) is 23.8 Å². The molecule has 1 aliphatic heterocycles. The van der Waals surface area contributed by atoms with Gasteiger partial charge in [-0.05, 0) is 30.5 Å². The first-order chi connectivity index (χ1) is 13.3. The summed E-state index contributed by atoms with van der Waals surface area (Å²) in [4.78, 5) is 16.6.